The van der Waals surface area contributed by atoms with E-state index in [1.165, 1.54) is 6.92 Å². The van der Waals surface area contributed by atoms with E-state index in [0.717, 1.165) is 5.56 Å². The molecule has 2 N–H and O–H groups in total. The monoisotopic (exact) mass is 370 g/mol. The Labute approximate surface area is 156 Å². The molecule has 0 radical (unpaired) electrons. The van der Waals surface area contributed by atoms with Gasteiger partial charge in [0.05, 0.1) is 0 Å². The molecular formula is C20H19ClN2O3. The summed E-state index contributed by atoms with van der Waals surface area (Å²) in [5, 5.41) is 6.15. The van der Waals surface area contributed by atoms with Crippen molar-refractivity contribution < 1.29 is 14.4 Å². The molecule has 26 heavy (non-hydrogen) atoms. The normalized spacial score (nSPS) is 14.4. The quantitative estimate of drug-likeness (QED) is 0.602. The van der Waals surface area contributed by atoms with Gasteiger partial charge in [-0.1, -0.05) is 29.8 Å². The average molecular weight is 371 g/mol. The van der Waals surface area contributed by atoms with Crippen LogP contribution in [0.5, 0.6) is 0 Å². The summed E-state index contributed by atoms with van der Waals surface area (Å²) in [5.74, 6) is -0.666. The van der Waals surface area contributed by atoms with Crippen molar-refractivity contribution in [3.8, 4) is 0 Å². The van der Waals surface area contributed by atoms with Crippen molar-refractivity contribution in [1.29, 1.82) is 0 Å². The number of nitrogens with one attached hydrogen (secondary N) is 2. The van der Waals surface area contributed by atoms with Crippen LogP contribution in [0.2, 0.25) is 5.02 Å². The third-order valence-corrected chi connectivity index (χ3v) is 4.93. The summed E-state index contributed by atoms with van der Waals surface area (Å²) in [6.07, 6.45) is 1.03. The molecule has 0 bridgehead atoms. The lowest BCUT2D eigenvalue weighted by Crippen LogP contribution is -2.39. The van der Waals surface area contributed by atoms with E-state index in [9.17, 15) is 14.4 Å². The van der Waals surface area contributed by atoms with Crippen molar-refractivity contribution in [2.24, 2.45) is 5.41 Å². The number of carbonyl (C=O) groups is 3. The van der Waals surface area contributed by atoms with E-state index < -0.39 is 5.41 Å². The average Bonchev–Trinajstić information content (AvgIpc) is 3.43. The zero-order valence-corrected chi connectivity index (χ0v) is 15.1. The summed E-state index contributed by atoms with van der Waals surface area (Å²) >= 11 is 6.09. The maximum Gasteiger partial charge on any atom is 0.240 e. The van der Waals surface area contributed by atoms with Gasteiger partial charge in [-0.15, -0.1) is 0 Å². The molecule has 1 aliphatic rings. The van der Waals surface area contributed by atoms with Gasteiger partial charge in [-0.3, -0.25) is 14.4 Å². The maximum atomic E-state index is 12.6. The Bertz CT molecular complexity index is 858. The molecule has 1 saturated carbocycles. The van der Waals surface area contributed by atoms with E-state index in [1.54, 1.807) is 30.3 Å². The first-order valence-corrected chi connectivity index (χ1v) is 8.74. The summed E-state index contributed by atoms with van der Waals surface area (Å²) in [6.45, 7) is 1.76. The summed E-state index contributed by atoms with van der Waals surface area (Å²) in [4.78, 5) is 36.4. The molecule has 2 amide bonds. The zero-order valence-electron chi connectivity index (χ0n) is 14.3. The highest BCUT2D eigenvalue weighted by atomic mass is 35.5. The molecule has 2 aromatic carbocycles. The van der Waals surface area contributed by atoms with Crippen molar-refractivity contribution in [1.82, 2.24) is 5.32 Å². The van der Waals surface area contributed by atoms with Gasteiger partial charge in [0.2, 0.25) is 11.8 Å². The minimum Gasteiger partial charge on any atom is -0.351 e. The van der Waals surface area contributed by atoms with Crippen LogP contribution in [0.1, 0.15) is 35.7 Å². The summed E-state index contributed by atoms with van der Waals surface area (Å²) in [7, 11) is 0. The molecule has 0 aromatic heterocycles. The molecule has 5 nitrogen and oxygen atoms in total. The Morgan fingerprint density at radius 1 is 1.00 bits per heavy atom. The molecule has 0 saturated heterocycles. The number of ketones is 1. The predicted molar refractivity (Wildman–Crippen MR) is 100 cm³/mol. The Morgan fingerprint density at radius 2 is 1.65 bits per heavy atom. The summed E-state index contributed by atoms with van der Waals surface area (Å²) < 4.78 is 0. The molecule has 6 heteroatoms. The topological polar surface area (TPSA) is 75.3 Å². The Kier molecular flexibility index (Phi) is 5.09. The van der Waals surface area contributed by atoms with Crippen LogP contribution in [0.3, 0.4) is 0 Å². The third kappa shape index (κ3) is 3.78. The van der Waals surface area contributed by atoms with Gasteiger partial charge in [0.15, 0.2) is 5.78 Å². The summed E-state index contributed by atoms with van der Waals surface area (Å²) in [6, 6.07) is 13.9. The van der Waals surface area contributed by atoms with E-state index in [-0.39, 0.29) is 24.1 Å². The molecule has 0 atom stereocenters. The van der Waals surface area contributed by atoms with E-state index in [0.29, 0.717) is 29.1 Å². The molecule has 0 unspecified atom stereocenters. The minimum absolute atomic E-state index is 0.0412. The molecule has 134 valence electrons. The van der Waals surface area contributed by atoms with E-state index in [1.807, 2.05) is 18.2 Å². The second-order valence-electron chi connectivity index (χ2n) is 6.44. The van der Waals surface area contributed by atoms with Crippen molar-refractivity contribution in [3.05, 3.63) is 64.7 Å². The van der Waals surface area contributed by atoms with Crippen LogP contribution in [0.4, 0.5) is 5.69 Å². The van der Waals surface area contributed by atoms with Gasteiger partial charge in [-0.05, 0) is 55.7 Å². The van der Waals surface area contributed by atoms with Gasteiger partial charge < -0.3 is 10.6 Å². The number of rotatable bonds is 6. The van der Waals surface area contributed by atoms with E-state index in [2.05, 4.69) is 10.6 Å². The first-order valence-electron chi connectivity index (χ1n) is 8.36. The maximum absolute atomic E-state index is 12.6. The van der Waals surface area contributed by atoms with Gasteiger partial charge in [-0.25, -0.2) is 0 Å². The van der Waals surface area contributed by atoms with Gasteiger partial charge in [-0.2, -0.15) is 0 Å². The first-order chi connectivity index (χ1) is 12.4. The fourth-order valence-electron chi connectivity index (χ4n) is 2.71. The van der Waals surface area contributed by atoms with Crippen molar-refractivity contribution in [2.75, 3.05) is 5.32 Å². The van der Waals surface area contributed by atoms with Crippen LogP contribution in [0.25, 0.3) is 0 Å². The standard InChI is InChI=1S/C20H19ClN2O3/c1-13(24)14-6-8-16(9-7-14)23-19(26)20(10-11-20)18(25)22-12-15-4-2-3-5-17(15)21/h2-9H,10-12H2,1H3,(H,22,25)(H,23,26). The molecular weight excluding hydrogens is 352 g/mol. The number of hydrogen-bond donors (Lipinski definition) is 2. The number of hydrogen-bond acceptors (Lipinski definition) is 3. The number of amides is 2. The lowest BCUT2D eigenvalue weighted by atomic mass is 10.0. The molecule has 1 fully saturated rings. The van der Waals surface area contributed by atoms with Crippen molar-refractivity contribution >= 4 is 34.9 Å². The van der Waals surface area contributed by atoms with Crippen LogP contribution in [0.15, 0.2) is 48.5 Å². The number of Topliss-reactive ketones (excluding diaryl/α,β-unsaturated/α-hetero) is 1. The highest BCUT2D eigenvalue weighted by Crippen LogP contribution is 2.47. The lowest BCUT2D eigenvalue weighted by molar-refractivity contribution is -0.134. The third-order valence-electron chi connectivity index (χ3n) is 4.57. The number of halogens is 1. The SMILES string of the molecule is CC(=O)c1ccc(NC(=O)C2(C(=O)NCc3ccccc3Cl)CC2)cc1. The molecule has 0 aliphatic heterocycles. The fraction of sp³-hybridized carbons (Fsp3) is 0.250. The lowest BCUT2D eigenvalue weighted by Gasteiger charge is -2.16. The zero-order chi connectivity index (χ0) is 18.7. The molecule has 2 aromatic rings. The van der Waals surface area contributed by atoms with Crippen LogP contribution in [-0.2, 0) is 16.1 Å². The van der Waals surface area contributed by atoms with Gasteiger partial charge in [0.1, 0.15) is 5.41 Å². The Balaban J connectivity index is 1.62. The van der Waals surface area contributed by atoms with Crippen LogP contribution in [-0.4, -0.2) is 17.6 Å². The van der Waals surface area contributed by atoms with E-state index >= 15 is 0 Å². The largest absolute Gasteiger partial charge is 0.351 e. The minimum atomic E-state index is -1.03. The number of benzene rings is 2. The van der Waals surface area contributed by atoms with Gasteiger partial charge in [0.25, 0.3) is 0 Å². The summed E-state index contributed by atoms with van der Waals surface area (Å²) in [5.41, 5.74) is 0.908. The highest BCUT2D eigenvalue weighted by Gasteiger charge is 2.56. The predicted octanol–water partition coefficient (Wildman–Crippen LogP) is 3.58. The van der Waals surface area contributed by atoms with Crippen LogP contribution >= 0.6 is 11.6 Å². The second kappa shape index (κ2) is 7.30. The first kappa shape index (κ1) is 18.1. The fourth-order valence-corrected chi connectivity index (χ4v) is 2.91. The molecule has 3 rings (SSSR count). The molecule has 1 aliphatic carbocycles. The molecule has 0 spiro atoms. The number of anilines is 1. The molecule has 0 heterocycles. The van der Waals surface area contributed by atoms with Crippen molar-refractivity contribution in [2.45, 2.75) is 26.3 Å². The smallest absolute Gasteiger partial charge is 0.240 e. The Morgan fingerprint density at radius 3 is 2.23 bits per heavy atom. The Hall–Kier alpha value is -2.66. The van der Waals surface area contributed by atoms with Gasteiger partial charge in [0, 0.05) is 22.8 Å². The van der Waals surface area contributed by atoms with E-state index in [4.69, 9.17) is 11.6 Å². The van der Waals surface area contributed by atoms with Crippen molar-refractivity contribution in [3.63, 3.8) is 0 Å². The van der Waals surface area contributed by atoms with Gasteiger partial charge >= 0.3 is 0 Å². The van der Waals surface area contributed by atoms with Crippen LogP contribution < -0.4 is 10.6 Å². The number of carbonyl (C=O) groups excluding carboxylic acids is 3. The second-order valence-corrected chi connectivity index (χ2v) is 6.85. The van der Waals surface area contributed by atoms with Crippen LogP contribution in [0, 0.1) is 5.41 Å². The highest BCUT2D eigenvalue weighted by molar-refractivity contribution is 6.31.